The summed E-state index contributed by atoms with van der Waals surface area (Å²) in [6.45, 7) is 6.70. The van der Waals surface area contributed by atoms with Gasteiger partial charge in [0.25, 0.3) is 0 Å². The third-order valence-electron chi connectivity index (χ3n) is 7.68. The maximum Gasteiger partial charge on any atom is 0.306 e. The molecule has 0 fully saturated rings. The molecule has 38 heavy (non-hydrogen) atoms. The Morgan fingerprint density at radius 1 is 0.500 bits per heavy atom. The Bertz CT molecular complexity index is 521. The lowest BCUT2D eigenvalue weighted by Gasteiger charge is -2.16. The van der Waals surface area contributed by atoms with E-state index in [0.717, 1.165) is 25.7 Å². The van der Waals surface area contributed by atoms with Gasteiger partial charge in [0, 0.05) is 6.42 Å². The normalized spacial score (nSPS) is 12.6. The molecule has 0 aliphatic carbocycles. The van der Waals surface area contributed by atoms with Gasteiger partial charge in [0.05, 0.1) is 0 Å². The number of unbranched alkanes of at least 4 members (excludes halogenated alkanes) is 20. The van der Waals surface area contributed by atoms with E-state index in [0.29, 0.717) is 6.42 Å². The first-order valence-corrected chi connectivity index (χ1v) is 17.2. The van der Waals surface area contributed by atoms with E-state index in [4.69, 9.17) is 4.74 Å². The number of allylic oxidation sites excluding steroid dienone is 4. The van der Waals surface area contributed by atoms with Gasteiger partial charge in [-0.15, -0.1) is 0 Å². The van der Waals surface area contributed by atoms with Crippen LogP contribution in [0.15, 0.2) is 24.3 Å². The van der Waals surface area contributed by atoms with Crippen molar-refractivity contribution in [1.82, 2.24) is 0 Å². The van der Waals surface area contributed by atoms with Crippen LogP contribution in [0.25, 0.3) is 0 Å². The number of hydrogen-bond acceptors (Lipinski definition) is 2. The monoisotopic (exact) mass is 533 g/mol. The molecule has 0 aromatic rings. The second-order valence-corrected chi connectivity index (χ2v) is 11.5. The SMILES string of the molecule is CCCCCCCC/C=C\CCCCCCCC(=O)OC(CC)CCCCC/C=C\CCCCCCCC. The van der Waals surface area contributed by atoms with Gasteiger partial charge in [-0.25, -0.2) is 0 Å². The van der Waals surface area contributed by atoms with Crippen LogP contribution in [0, 0.1) is 0 Å². The van der Waals surface area contributed by atoms with Gasteiger partial charge in [-0.2, -0.15) is 0 Å². The number of ether oxygens (including phenoxy) is 1. The summed E-state index contributed by atoms with van der Waals surface area (Å²) in [7, 11) is 0. The van der Waals surface area contributed by atoms with Crippen LogP contribution in [-0.2, 0) is 9.53 Å². The average Bonchev–Trinajstić information content (AvgIpc) is 2.92. The summed E-state index contributed by atoms with van der Waals surface area (Å²) >= 11 is 0. The van der Waals surface area contributed by atoms with Gasteiger partial charge in [-0.05, 0) is 77.0 Å². The Morgan fingerprint density at radius 3 is 1.29 bits per heavy atom. The fourth-order valence-electron chi connectivity index (χ4n) is 5.02. The van der Waals surface area contributed by atoms with E-state index in [1.807, 2.05) is 0 Å². The number of hydrogen-bond donors (Lipinski definition) is 0. The minimum absolute atomic E-state index is 0.0205. The third kappa shape index (κ3) is 29.5. The summed E-state index contributed by atoms with van der Waals surface area (Å²) in [5, 5.41) is 0. The molecule has 0 amide bonds. The van der Waals surface area contributed by atoms with Gasteiger partial charge in [-0.1, -0.05) is 135 Å². The van der Waals surface area contributed by atoms with Crippen molar-refractivity contribution in [2.24, 2.45) is 0 Å². The molecule has 0 bridgehead atoms. The molecule has 2 nitrogen and oxygen atoms in total. The summed E-state index contributed by atoms with van der Waals surface area (Å²) in [6, 6.07) is 0. The predicted molar refractivity (Wildman–Crippen MR) is 170 cm³/mol. The van der Waals surface area contributed by atoms with Gasteiger partial charge in [0.15, 0.2) is 0 Å². The van der Waals surface area contributed by atoms with E-state index >= 15 is 0 Å². The molecule has 0 aliphatic rings. The zero-order chi connectivity index (χ0) is 27.8. The van der Waals surface area contributed by atoms with Crippen molar-refractivity contribution in [1.29, 1.82) is 0 Å². The van der Waals surface area contributed by atoms with Crippen molar-refractivity contribution >= 4 is 5.97 Å². The van der Waals surface area contributed by atoms with Crippen LogP contribution in [0.3, 0.4) is 0 Å². The minimum atomic E-state index is 0.0205. The summed E-state index contributed by atoms with van der Waals surface area (Å²) in [5.41, 5.74) is 0. The molecule has 0 rings (SSSR count). The van der Waals surface area contributed by atoms with Gasteiger partial charge in [-0.3, -0.25) is 4.79 Å². The summed E-state index contributed by atoms with van der Waals surface area (Å²) < 4.78 is 5.76. The molecular weight excluding hydrogens is 464 g/mol. The Hall–Kier alpha value is -1.05. The highest BCUT2D eigenvalue weighted by Crippen LogP contribution is 2.15. The maximum atomic E-state index is 12.2. The smallest absolute Gasteiger partial charge is 0.306 e. The van der Waals surface area contributed by atoms with E-state index in [9.17, 15) is 4.79 Å². The van der Waals surface area contributed by atoms with Gasteiger partial charge >= 0.3 is 5.97 Å². The number of rotatable bonds is 30. The van der Waals surface area contributed by atoms with Crippen molar-refractivity contribution in [3.05, 3.63) is 24.3 Å². The molecule has 0 aromatic carbocycles. The summed E-state index contributed by atoms with van der Waals surface area (Å²) in [6.07, 6.45) is 43.3. The lowest BCUT2D eigenvalue weighted by molar-refractivity contribution is -0.149. The molecule has 0 saturated heterocycles. The first-order valence-electron chi connectivity index (χ1n) is 17.2. The van der Waals surface area contributed by atoms with Crippen molar-refractivity contribution < 1.29 is 9.53 Å². The lowest BCUT2D eigenvalue weighted by atomic mass is 10.1. The van der Waals surface area contributed by atoms with Crippen molar-refractivity contribution in [3.8, 4) is 0 Å². The van der Waals surface area contributed by atoms with Gasteiger partial charge in [0.1, 0.15) is 6.10 Å². The fourth-order valence-corrected chi connectivity index (χ4v) is 5.02. The van der Waals surface area contributed by atoms with Crippen molar-refractivity contribution in [2.75, 3.05) is 0 Å². The number of carbonyl (C=O) groups excluding carboxylic acids is 1. The molecule has 0 heterocycles. The molecule has 0 N–H and O–H groups in total. The molecule has 0 saturated carbocycles. The van der Waals surface area contributed by atoms with Crippen LogP contribution < -0.4 is 0 Å². The molecule has 2 heteroatoms. The Balaban J connectivity index is 3.50. The Kier molecular flexibility index (Phi) is 31.3. The molecule has 1 atom stereocenters. The van der Waals surface area contributed by atoms with E-state index < -0.39 is 0 Å². The van der Waals surface area contributed by atoms with E-state index in [1.165, 1.54) is 141 Å². The van der Waals surface area contributed by atoms with Crippen molar-refractivity contribution in [2.45, 2.75) is 200 Å². The highest BCUT2D eigenvalue weighted by molar-refractivity contribution is 5.69. The van der Waals surface area contributed by atoms with Crippen molar-refractivity contribution in [3.63, 3.8) is 0 Å². The second-order valence-electron chi connectivity index (χ2n) is 11.5. The molecule has 0 aliphatic heterocycles. The largest absolute Gasteiger partial charge is 0.462 e. The van der Waals surface area contributed by atoms with E-state index in [1.54, 1.807) is 0 Å². The highest BCUT2D eigenvalue weighted by atomic mass is 16.5. The average molecular weight is 533 g/mol. The third-order valence-corrected chi connectivity index (χ3v) is 7.68. The summed E-state index contributed by atoms with van der Waals surface area (Å²) in [4.78, 5) is 12.2. The number of carbonyl (C=O) groups is 1. The molecule has 224 valence electrons. The Morgan fingerprint density at radius 2 is 0.868 bits per heavy atom. The number of esters is 1. The molecule has 0 aromatic heterocycles. The van der Waals surface area contributed by atoms with Crippen LogP contribution in [0.1, 0.15) is 194 Å². The topological polar surface area (TPSA) is 26.3 Å². The van der Waals surface area contributed by atoms with Crippen LogP contribution >= 0.6 is 0 Å². The molecule has 0 radical (unpaired) electrons. The molecular formula is C36H68O2. The lowest BCUT2D eigenvalue weighted by Crippen LogP contribution is -2.17. The van der Waals surface area contributed by atoms with E-state index in [-0.39, 0.29) is 12.1 Å². The Labute approximate surface area is 239 Å². The minimum Gasteiger partial charge on any atom is -0.462 e. The van der Waals surface area contributed by atoms with Gasteiger partial charge < -0.3 is 4.74 Å². The summed E-state index contributed by atoms with van der Waals surface area (Å²) in [5.74, 6) is 0.0205. The maximum absolute atomic E-state index is 12.2. The zero-order valence-corrected chi connectivity index (χ0v) is 26.3. The van der Waals surface area contributed by atoms with Crippen LogP contribution in [-0.4, -0.2) is 12.1 Å². The van der Waals surface area contributed by atoms with Crippen LogP contribution in [0.4, 0.5) is 0 Å². The first kappa shape index (κ1) is 37.0. The molecule has 0 spiro atoms. The standard InChI is InChI=1S/C36H68O2/c1-4-7-9-11-13-15-17-19-20-22-24-26-28-30-32-34-36(37)38-35(6-3)33-31-29-27-25-23-21-18-16-14-12-10-8-5-2/h19-21,23,35H,4-18,22,24-34H2,1-3H3/b20-19-,23-21-. The van der Waals surface area contributed by atoms with E-state index in [2.05, 4.69) is 45.1 Å². The highest BCUT2D eigenvalue weighted by Gasteiger charge is 2.12. The second kappa shape index (κ2) is 32.2. The van der Waals surface area contributed by atoms with Gasteiger partial charge in [0.2, 0.25) is 0 Å². The first-order chi connectivity index (χ1) is 18.7. The van der Waals surface area contributed by atoms with Crippen LogP contribution in [0.2, 0.25) is 0 Å². The zero-order valence-electron chi connectivity index (χ0n) is 26.3. The quantitative estimate of drug-likeness (QED) is 0.0522. The van der Waals surface area contributed by atoms with Crippen LogP contribution in [0.5, 0.6) is 0 Å². The molecule has 1 unspecified atom stereocenters. The fraction of sp³-hybridized carbons (Fsp3) is 0.861. The predicted octanol–water partition coefficient (Wildman–Crippen LogP) is 12.6.